The monoisotopic (exact) mass is 393 g/mol. The summed E-state index contributed by atoms with van der Waals surface area (Å²) in [6.45, 7) is 9.06. The number of ether oxygens (including phenoxy) is 2. The summed E-state index contributed by atoms with van der Waals surface area (Å²) in [6, 6.07) is 6.57. The van der Waals surface area contributed by atoms with E-state index in [0.717, 1.165) is 30.6 Å². The molecule has 0 unspecified atom stereocenters. The van der Waals surface area contributed by atoms with Crippen molar-refractivity contribution in [2.24, 2.45) is 0 Å². The highest BCUT2D eigenvalue weighted by atomic mass is 32.1. The minimum atomic E-state index is -0.226. The van der Waals surface area contributed by atoms with Crippen molar-refractivity contribution in [3.63, 3.8) is 0 Å². The van der Waals surface area contributed by atoms with Gasteiger partial charge in [0, 0.05) is 38.5 Å². The van der Waals surface area contributed by atoms with Crippen LogP contribution in [0.25, 0.3) is 0 Å². The van der Waals surface area contributed by atoms with Gasteiger partial charge in [-0.1, -0.05) is 12.1 Å². The molecule has 0 spiro atoms. The number of amides is 1. The maximum atomic E-state index is 11.9. The van der Waals surface area contributed by atoms with Crippen LogP contribution < -0.4 is 5.32 Å². The molecule has 1 aliphatic rings. The molecular weight excluding hydrogens is 362 g/mol. The average molecular weight is 394 g/mol. The number of thiocarbonyl (C=S) groups is 1. The Morgan fingerprint density at radius 2 is 2.04 bits per heavy atom. The Labute approximate surface area is 167 Å². The molecule has 1 heterocycles. The van der Waals surface area contributed by atoms with E-state index < -0.39 is 0 Å². The van der Waals surface area contributed by atoms with Gasteiger partial charge in [-0.05, 0) is 63.0 Å². The van der Waals surface area contributed by atoms with Crippen LogP contribution in [0.4, 0.5) is 10.5 Å². The molecule has 0 saturated carbocycles. The quantitative estimate of drug-likeness (QED) is 0.746. The smallest absolute Gasteiger partial charge is 0.409 e. The predicted octanol–water partition coefficient (Wildman–Crippen LogP) is 3.57. The van der Waals surface area contributed by atoms with Crippen LogP contribution in [0.5, 0.6) is 0 Å². The van der Waals surface area contributed by atoms with Crippen LogP contribution in [0.15, 0.2) is 18.2 Å². The van der Waals surface area contributed by atoms with Gasteiger partial charge in [0.05, 0.1) is 13.2 Å². The van der Waals surface area contributed by atoms with E-state index in [0.29, 0.717) is 31.4 Å². The minimum absolute atomic E-state index is 0.226. The number of anilines is 1. The van der Waals surface area contributed by atoms with Crippen molar-refractivity contribution in [3.05, 3.63) is 29.3 Å². The lowest BCUT2D eigenvalue weighted by Crippen LogP contribution is -2.51. The third-order valence-corrected chi connectivity index (χ3v) is 5.20. The van der Waals surface area contributed by atoms with Gasteiger partial charge >= 0.3 is 6.09 Å². The second-order valence-electron chi connectivity index (χ2n) is 6.85. The summed E-state index contributed by atoms with van der Waals surface area (Å²) in [7, 11) is 1.70. The van der Waals surface area contributed by atoms with Gasteiger partial charge in [-0.15, -0.1) is 0 Å². The lowest BCUT2D eigenvalue weighted by molar-refractivity contribution is 0.0829. The fourth-order valence-electron chi connectivity index (χ4n) is 3.27. The summed E-state index contributed by atoms with van der Waals surface area (Å²) in [6.07, 6.45) is 1.49. The number of methoxy groups -OCH3 is 1. The molecule has 0 radical (unpaired) electrons. The van der Waals surface area contributed by atoms with Crippen molar-refractivity contribution in [2.45, 2.75) is 39.7 Å². The number of carbonyl (C=O) groups is 1. The van der Waals surface area contributed by atoms with Crippen molar-refractivity contribution < 1.29 is 14.3 Å². The summed E-state index contributed by atoms with van der Waals surface area (Å²) in [4.78, 5) is 15.9. The van der Waals surface area contributed by atoms with Gasteiger partial charge in [-0.3, -0.25) is 0 Å². The van der Waals surface area contributed by atoms with Crippen LogP contribution in [0.2, 0.25) is 0 Å². The summed E-state index contributed by atoms with van der Waals surface area (Å²) in [5.41, 5.74) is 3.38. The second kappa shape index (κ2) is 10.5. The fraction of sp³-hybridized carbons (Fsp3) is 0.600. The number of aryl methyl sites for hydroxylation is 2. The molecule has 0 aromatic heterocycles. The van der Waals surface area contributed by atoms with Crippen molar-refractivity contribution in [1.82, 2.24) is 9.80 Å². The molecule has 1 saturated heterocycles. The van der Waals surface area contributed by atoms with Crippen LogP contribution in [-0.2, 0) is 9.47 Å². The van der Waals surface area contributed by atoms with Gasteiger partial charge in [0.1, 0.15) is 0 Å². The highest BCUT2D eigenvalue weighted by Crippen LogP contribution is 2.21. The molecule has 1 aliphatic heterocycles. The maximum absolute atomic E-state index is 11.9. The first-order valence-electron chi connectivity index (χ1n) is 9.51. The predicted molar refractivity (Wildman–Crippen MR) is 112 cm³/mol. The molecule has 0 atom stereocenters. The standard InChI is InChI=1S/C20H31N3O3S/c1-5-26-20(24)22-10-8-17(9-11-22)23(12-13-25-4)19(27)21-18-14-15(2)6-7-16(18)3/h6-7,14,17H,5,8-13H2,1-4H3,(H,21,27). The number of rotatable bonds is 6. The SMILES string of the molecule is CCOC(=O)N1CCC(N(CCOC)C(=S)Nc2cc(C)ccc2C)CC1. The van der Waals surface area contributed by atoms with E-state index in [9.17, 15) is 4.79 Å². The van der Waals surface area contributed by atoms with Crippen LogP contribution >= 0.6 is 12.2 Å². The molecular formula is C20H31N3O3S. The number of benzene rings is 1. The molecule has 6 nitrogen and oxygen atoms in total. The summed E-state index contributed by atoms with van der Waals surface area (Å²) < 4.78 is 10.4. The normalized spacial score (nSPS) is 14.7. The van der Waals surface area contributed by atoms with E-state index >= 15 is 0 Å². The van der Waals surface area contributed by atoms with Gasteiger partial charge in [-0.2, -0.15) is 0 Å². The van der Waals surface area contributed by atoms with Crippen LogP contribution in [0.3, 0.4) is 0 Å². The lowest BCUT2D eigenvalue weighted by Gasteiger charge is -2.39. The number of likely N-dealkylation sites (tertiary alicyclic amines) is 1. The van der Waals surface area contributed by atoms with E-state index in [4.69, 9.17) is 21.7 Å². The Kier molecular flexibility index (Phi) is 8.31. The van der Waals surface area contributed by atoms with E-state index in [1.165, 1.54) is 5.56 Å². The number of nitrogens with one attached hydrogen (secondary N) is 1. The van der Waals surface area contributed by atoms with E-state index in [-0.39, 0.29) is 12.1 Å². The molecule has 1 fully saturated rings. The summed E-state index contributed by atoms with van der Waals surface area (Å²) in [5.74, 6) is 0. The van der Waals surface area contributed by atoms with E-state index in [1.807, 2.05) is 6.92 Å². The molecule has 150 valence electrons. The molecule has 1 N–H and O–H groups in total. The first-order chi connectivity index (χ1) is 13.0. The maximum Gasteiger partial charge on any atom is 0.409 e. The molecule has 7 heteroatoms. The Bertz CT molecular complexity index is 645. The lowest BCUT2D eigenvalue weighted by atomic mass is 10.0. The van der Waals surface area contributed by atoms with Crippen molar-refractivity contribution in [1.29, 1.82) is 0 Å². The Balaban J connectivity index is 2.03. The fourth-order valence-corrected chi connectivity index (χ4v) is 3.62. The van der Waals surface area contributed by atoms with Crippen LogP contribution in [0.1, 0.15) is 30.9 Å². The molecule has 1 amide bonds. The Morgan fingerprint density at radius 1 is 1.33 bits per heavy atom. The average Bonchev–Trinajstić information content (AvgIpc) is 2.65. The van der Waals surface area contributed by atoms with Gasteiger partial charge in [0.15, 0.2) is 5.11 Å². The van der Waals surface area contributed by atoms with Gasteiger partial charge < -0.3 is 24.6 Å². The Hall–Kier alpha value is -1.86. The second-order valence-corrected chi connectivity index (χ2v) is 7.24. The van der Waals surface area contributed by atoms with Crippen LogP contribution in [-0.4, -0.2) is 67.0 Å². The number of nitrogens with zero attached hydrogens (tertiary/aromatic N) is 2. The molecule has 0 aliphatic carbocycles. The number of hydrogen-bond acceptors (Lipinski definition) is 4. The zero-order chi connectivity index (χ0) is 19.8. The zero-order valence-corrected chi connectivity index (χ0v) is 17.6. The van der Waals surface area contributed by atoms with Gasteiger partial charge in [0.2, 0.25) is 0 Å². The molecule has 27 heavy (non-hydrogen) atoms. The van der Waals surface area contributed by atoms with Crippen LogP contribution in [0, 0.1) is 13.8 Å². The largest absolute Gasteiger partial charge is 0.450 e. The van der Waals surface area contributed by atoms with Gasteiger partial charge in [-0.25, -0.2) is 4.79 Å². The third-order valence-electron chi connectivity index (χ3n) is 4.86. The first-order valence-corrected chi connectivity index (χ1v) is 9.92. The number of piperidine rings is 1. The number of carbonyl (C=O) groups excluding carboxylic acids is 1. The summed E-state index contributed by atoms with van der Waals surface area (Å²) >= 11 is 5.73. The van der Waals surface area contributed by atoms with E-state index in [1.54, 1.807) is 12.0 Å². The van der Waals surface area contributed by atoms with E-state index in [2.05, 4.69) is 42.3 Å². The molecule has 1 aromatic carbocycles. The third kappa shape index (κ3) is 6.07. The topological polar surface area (TPSA) is 54.0 Å². The first kappa shape index (κ1) is 21.4. The molecule has 2 rings (SSSR count). The minimum Gasteiger partial charge on any atom is -0.450 e. The molecule has 0 bridgehead atoms. The van der Waals surface area contributed by atoms with Gasteiger partial charge in [0.25, 0.3) is 0 Å². The molecule has 1 aromatic rings. The Morgan fingerprint density at radius 3 is 2.67 bits per heavy atom. The highest BCUT2D eigenvalue weighted by molar-refractivity contribution is 7.80. The summed E-state index contributed by atoms with van der Waals surface area (Å²) in [5, 5.41) is 4.11. The highest BCUT2D eigenvalue weighted by Gasteiger charge is 2.28. The van der Waals surface area contributed by atoms with Crippen molar-refractivity contribution in [3.8, 4) is 0 Å². The zero-order valence-electron chi connectivity index (χ0n) is 16.8. The van der Waals surface area contributed by atoms with Crippen molar-refractivity contribution in [2.75, 3.05) is 45.3 Å². The van der Waals surface area contributed by atoms with Crippen molar-refractivity contribution >= 4 is 29.1 Å². The number of hydrogen-bond donors (Lipinski definition) is 1.